The summed E-state index contributed by atoms with van der Waals surface area (Å²) in [4.78, 5) is 47.8. The largest absolute Gasteiger partial charge is 0.481 e. The first-order chi connectivity index (χ1) is 24.7. The third kappa shape index (κ3) is 7.20. The number of hydrogen-bond acceptors (Lipinski definition) is 8. The van der Waals surface area contributed by atoms with Gasteiger partial charge in [0.05, 0.1) is 24.6 Å². The number of carbonyl (C=O) groups excluding carboxylic acids is 2. The fourth-order valence-corrected chi connectivity index (χ4v) is 13.1. The van der Waals surface area contributed by atoms with Crippen LogP contribution in [0.4, 0.5) is 0 Å². The van der Waals surface area contributed by atoms with E-state index in [1.807, 2.05) is 6.20 Å². The highest BCUT2D eigenvalue weighted by molar-refractivity contribution is 6.00. The number of aliphatic carboxylic acids is 1. The number of esters is 1. The van der Waals surface area contributed by atoms with E-state index in [9.17, 15) is 19.5 Å². The van der Waals surface area contributed by atoms with Crippen molar-refractivity contribution in [1.29, 1.82) is 0 Å². The minimum Gasteiger partial charge on any atom is -0.481 e. The number of hydrogen-bond donors (Lipinski definition) is 1. The number of carboxylic acid groups (broad SMARTS) is 1. The summed E-state index contributed by atoms with van der Waals surface area (Å²) in [6.07, 6.45) is 13.4. The molecule has 0 aliphatic heterocycles. The van der Waals surface area contributed by atoms with Gasteiger partial charge in [0.2, 0.25) is 0 Å². The molecule has 8 atom stereocenters. The third-order valence-electron chi connectivity index (χ3n) is 15.7. The monoisotopic (exact) mass is 736 g/mol. The number of oxazole rings is 1. The van der Waals surface area contributed by atoms with E-state index < -0.39 is 17.4 Å². The molecule has 8 unspecified atom stereocenters. The van der Waals surface area contributed by atoms with E-state index in [0.29, 0.717) is 35.9 Å². The highest BCUT2D eigenvalue weighted by Crippen LogP contribution is 2.73. The number of carbonyl (C=O) groups is 3. The molecule has 1 N–H and O–H groups in total. The van der Waals surface area contributed by atoms with Gasteiger partial charge in [-0.15, -0.1) is 0 Å². The molecule has 0 amide bonds. The molecule has 1 aromatic rings. The first-order valence-electron chi connectivity index (χ1n) is 20.7. The van der Waals surface area contributed by atoms with Crippen LogP contribution >= 0.6 is 0 Å². The topological polar surface area (TPSA) is 113 Å². The van der Waals surface area contributed by atoms with Crippen LogP contribution in [0.25, 0.3) is 0 Å². The van der Waals surface area contributed by atoms with Crippen LogP contribution in [0.3, 0.4) is 0 Å². The fourth-order valence-electron chi connectivity index (χ4n) is 13.1. The minimum absolute atomic E-state index is 0.0565. The second-order valence-electron chi connectivity index (χ2n) is 20.3. The van der Waals surface area contributed by atoms with E-state index in [0.717, 1.165) is 82.5 Å². The molecule has 4 saturated carbocycles. The number of Topliss-reactive ketones (excluding diaryl/α,β-unsaturated/α-hetero) is 1. The van der Waals surface area contributed by atoms with Crippen molar-refractivity contribution in [2.24, 2.45) is 56.7 Å². The number of ether oxygens (including phenoxy) is 1. The molecule has 0 bridgehead atoms. The Hall–Kier alpha value is -2.52. The zero-order chi connectivity index (χ0) is 38.7. The maximum atomic E-state index is 14.1. The van der Waals surface area contributed by atoms with Crippen LogP contribution < -0.4 is 0 Å². The number of carboxylic acids is 1. The predicted molar refractivity (Wildman–Crippen MR) is 206 cm³/mol. The lowest BCUT2D eigenvalue weighted by Gasteiger charge is -2.69. The second-order valence-corrected chi connectivity index (χ2v) is 20.3. The van der Waals surface area contributed by atoms with Crippen molar-refractivity contribution in [2.45, 2.75) is 139 Å². The number of likely N-dealkylation sites (N-methyl/N-ethyl adjacent to an activating group) is 1. The van der Waals surface area contributed by atoms with Crippen molar-refractivity contribution in [2.75, 3.05) is 33.7 Å². The summed E-state index contributed by atoms with van der Waals surface area (Å²) in [5, 5.41) is 9.61. The molecule has 1 heterocycles. The van der Waals surface area contributed by atoms with E-state index in [1.165, 1.54) is 19.2 Å². The van der Waals surface area contributed by atoms with E-state index >= 15 is 0 Å². The van der Waals surface area contributed by atoms with Crippen molar-refractivity contribution in [3.63, 3.8) is 0 Å². The first-order valence-corrected chi connectivity index (χ1v) is 20.7. The van der Waals surface area contributed by atoms with Gasteiger partial charge < -0.3 is 19.2 Å². The molecule has 53 heavy (non-hydrogen) atoms. The normalized spacial score (nSPS) is 35.3. The molecule has 9 heteroatoms. The van der Waals surface area contributed by atoms with Gasteiger partial charge in [0.1, 0.15) is 11.9 Å². The Kier molecular flexibility index (Phi) is 11.0. The van der Waals surface area contributed by atoms with E-state index in [-0.39, 0.29) is 40.1 Å². The van der Waals surface area contributed by atoms with Gasteiger partial charge >= 0.3 is 11.9 Å². The summed E-state index contributed by atoms with van der Waals surface area (Å²) < 4.78 is 11.9. The standard InChI is InChI=1S/C44H69N3O6/c1-28(2)37-32(48)23-44(19-20-47(22-21-46(9)10)26-29-25-45-27-52-29)18-13-31-30(38(37)44)11-12-34-42(31,7)16-14-33-41(5,6)35(15-17-43(33,34)8)53-36(49)24-40(3,4)39(50)51/h25,27-28,30-31,33-35H,11-24,26H2,1-10H3,(H,50,51). The fraction of sp³-hybridized carbons (Fsp3) is 0.818. The molecule has 0 radical (unpaired) electrons. The highest BCUT2D eigenvalue weighted by atomic mass is 16.5. The Morgan fingerprint density at radius 3 is 2.34 bits per heavy atom. The lowest BCUT2D eigenvalue weighted by Crippen LogP contribution is -2.63. The number of aromatic nitrogens is 1. The van der Waals surface area contributed by atoms with Crippen LogP contribution in [0.15, 0.2) is 28.2 Å². The summed E-state index contributed by atoms with van der Waals surface area (Å²) in [7, 11) is 4.24. The molecule has 4 fully saturated rings. The van der Waals surface area contributed by atoms with Crippen molar-refractivity contribution in [3.8, 4) is 0 Å². The van der Waals surface area contributed by atoms with Gasteiger partial charge in [0.25, 0.3) is 0 Å². The Labute approximate surface area is 319 Å². The van der Waals surface area contributed by atoms with Crippen LogP contribution in [-0.2, 0) is 25.7 Å². The third-order valence-corrected chi connectivity index (χ3v) is 15.7. The zero-order valence-corrected chi connectivity index (χ0v) is 34.6. The SMILES string of the molecule is CC(C)C1=C2C3CCC4C(C)(CCC5C(C)(C)C(OC(=O)CC(C)(C)C(=O)O)CCC54C)C3CCC2(CCN(CCN(C)C)Cc2cnco2)CC1=O. The van der Waals surface area contributed by atoms with Gasteiger partial charge in [0, 0.05) is 30.3 Å². The number of fused-ring (bicyclic) bond motifs is 7. The molecule has 9 nitrogen and oxygen atoms in total. The molecule has 0 aromatic carbocycles. The molecule has 5 aliphatic rings. The Bertz CT molecular complexity index is 1560. The number of allylic oxidation sites excluding steroid dienone is 2. The molecule has 5 aliphatic carbocycles. The molecule has 0 spiro atoms. The van der Waals surface area contributed by atoms with Crippen molar-refractivity contribution < 1.29 is 28.6 Å². The van der Waals surface area contributed by atoms with E-state index in [4.69, 9.17) is 9.15 Å². The average Bonchev–Trinajstić information content (AvgIpc) is 3.68. The smallest absolute Gasteiger partial charge is 0.309 e. The van der Waals surface area contributed by atoms with Crippen molar-refractivity contribution in [3.05, 3.63) is 29.5 Å². The quantitative estimate of drug-likeness (QED) is 0.200. The summed E-state index contributed by atoms with van der Waals surface area (Å²) >= 11 is 0. The summed E-state index contributed by atoms with van der Waals surface area (Å²) in [5.74, 6) is 2.17. The maximum absolute atomic E-state index is 14.1. The maximum Gasteiger partial charge on any atom is 0.309 e. The lowest BCUT2D eigenvalue weighted by atomic mass is 9.36. The van der Waals surface area contributed by atoms with Crippen LogP contribution in [0.5, 0.6) is 0 Å². The first kappa shape index (κ1) is 40.2. The van der Waals surface area contributed by atoms with E-state index in [1.54, 1.807) is 19.4 Å². The van der Waals surface area contributed by atoms with E-state index in [2.05, 4.69) is 70.4 Å². The average molecular weight is 736 g/mol. The lowest BCUT2D eigenvalue weighted by molar-refractivity contribution is -0.214. The Morgan fingerprint density at radius 1 is 0.981 bits per heavy atom. The zero-order valence-electron chi connectivity index (χ0n) is 34.6. The van der Waals surface area contributed by atoms with Crippen molar-refractivity contribution >= 4 is 17.7 Å². The number of rotatable bonds is 13. The summed E-state index contributed by atoms with van der Waals surface area (Å²) in [5.41, 5.74) is 1.62. The van der Waals surface area contributed by atoms with Crippen molar-refractivity contribution in [1.82, 2.24) is 14.8 Å². The van der Waals surface area contributed by atoms with Gasteiger partial charge in [-0.3, -0.25) is 19.3 Å². The predicted octanol–water partition coefficient (Wildman–Crippen LogP) is 8.43. The molecular formula is C44H69N3O6. The number of ketones is 1. The van der Waals surface area contributed by atoms with Crippen LogP contribution in [0.1, 0.15) is 132 Å². The number of nitrogens with zero attached hydrogens (tertiary/aromatic N) is 3. The Balaban J connectivity index is 1.23. The van der Waals surface area contributed by atoms with Crippen LogP contribution in [0.2, 0.25) is 0 Å². The molecule has 6 rings (SSSR count). The van der Waals surface area contributed by atoms with Gasteiger partial charge in [-0.05, 0) is 138 Å². The van der Waals surface area contributed by atoms with Gasteiger partial charge in [-0.25, -0.2) is 4.98 Å². The second kappa shape index (κ2) is 14.5. The highest BCUT2D eigenvalue weighted by Gasteiger charge is 2.66. The summed E-state index contributed by atoms with van der Waals surface area (Å²) in [6.45, 7) is 21.0. The van der Waals surface area contributed by atoms with Gasteiger partial charge in [0.15, 0.2) is 12.2 Å². The van der Waals surface area contributed by atoms with Crippen LogP contribution in [0, 0.1) is 56.7 Å². The molecule has 296 valence electrons. The van der Waals surface area contributed by atoms with Crippen LogP contribution in [-0.4, -0.2) is 77.4 Å². The molecule has 1 aromatic heterocycles. The van der Waals surface area contributed by atoms with Gasteiger partial charge in [-0.1, -0.05) is 47.1 Å². The van der Waals surface area contributed by atoms with Gasteiger partial charge in [-0.2, -0.15) is 0 Å². The minimum atomic E-state index is -1.15. The molecular weight excluding hydrogens is 666 g/mol. The molecule has 0 saturated heterocycles. The summed E-state index contributed by atoms with van der Waals surface area (Å²) in [6, 6.07) is 0. The Morgan fingerprint density at radius 2 is 1.70 bits per heavy atom.